The maximum absolute atomic E-state index is 13.9. The Bertz CT molecular complexity index is 1480. The molecule has 0 bridgehead atoms. The third-order valence-electron chi connectivity index (χ3n) is 6.37. The second kappa shape index (κ2) is 14.6. The zero-order valence-electron chi connectivity index (χ0n) is 24.1. The van der Waals surface area contributed by atoms with Crippen LogP contribution in [-0.4, -0.2) is 49.5 Å². The molecule has 0 spiro atoms. The van der Waals surface area contributed by atoms with Gasteiger partial charge in [-0.15, -0.1) is 0 Å². The molecule has 0 aliphatic heterocycles. The number of nitrogens with zero attached hydrogens (tertiary/aromatic N) is 2. The molecule has 226 valence electrons. The fourth-order valence-corrected chi connectivity index (χ4v) is 5.86. The second-order valence-electron chi connectivity index (χ2n) is 11.1. The Labute approximate surface area is 263 Å². The van der Waals surface area contributed by atoms with Gasteiger partial charge in [-0.05, 0) is 74.7 Å². The van der Waals surface area contributed by atoms with Crippen molar-refractivity contribution in [3.63, 3.8) is 0 Å². The molecular weight excluding hydrogens is 617 g/mol. The number of carbonyl (C=O) groups is 2. The minimum atomic E-state index is -3.62. The highest BCUT2D eigenvalue weighted by Gasteiger charge is 2.32. The molecule has 2 amide bonds. The average Bonchev–Trinajstić information content (AvgIpc) is 2.90. The van der Waals surface area contributed by atoms with E-state index in [0.717, 1.165) is 11.8 Å². The van der Waals surface area contributed by atoms with E-state index in [2.05, 4.69) is 5.32 Å². The standard InChI is InChI=1S/C31H36Cl3N3O4S/c1-31(2,3)35-30(39)28(20-22-9-6-5-7-10-22)36(21-23-12-17-26(33)27(34)19-23)29(38)11-8-18-37(42(4,40)41)25-15-13-24(32)14-16-25/h5-7,9-10,12-17,19,28H,8,11,18,20-21H2,1-4H3,(H,35,39). The minimum absolute atomic E-state index is 0.00895. The first kappa shape index (κ1) is 33.7. The number of halogens is 3. The number of hydrogen-bond donors (Lipinski definition) is 1. The van der Waals surface area contributed by atoms with Crippen molar-refractivity contribution in [1.82, 2.24) is 10.2 Å². The quantitative estimate of drug-likeness (QED) is 0.235. The van der Waals surface area contributed by atoms with Crippen molar-refractivity contribution in [1.29, 1.82) is 0 Å². The molecule has 0 heterocycles. The first-order valence-corrected chi connectivity index (χ1v) is 16.4. The summed E-state index contributed by atoms with van der Waals surface area (Å²) >= 11 is 18.4. The molecule has 11 heteroatoms. The number of sulfonamides is 1. The Morgan fingerprint density at radius 1 is 0.881 bits per heavy atom. The molecule has 1 atom stereocenters. The molecule has 0 radical (unpaired) electrons. The fraction of sp³-hybridized carbons (Fsp3) is 0.355. The number of benzene rings is 3. The number of hydrogen-bond acceptors (Lipinski definition) is 4. The van der Waals surface area contributed by atoms with Gasteiger partial charge in [0.2, 0.25) is 21.8 Å². The molecule has 0 fully saturated rings. The first-order chi connectivity index (χ1) is 19.6. The van der Waals surface area contributed by atoms with Gasteiger partial charge in [0.15, 0.2) is 0 Å². The maximum Gasteiger partial charge on any atom is 0.243 e. The summed E-state index contributed by atoms with van der Waals surface area (Å²) in [7, 11) is -3.62. The van der Waals surface area contributed by atoms with Gasteiger partial charge in [0.1, 0.15) is 6.04 Å². The van der Waals surface area contributed by atoms with Crippen LogP contribution in [0.4, 0.5) is 5.69 Å². The lowest BCUT2D eigenvalue weighted by Gasteiger charge is -2.34. The average molecular weight is 653 g/mol. The van der Waals surface area contributed by atoms with Crippen molar-refractivity contribution in [2.75, 3.05) is 17.1 Å². The van der Waals surface area contributed by atoms with Gasteiger partial charge in [0.25, 0.3) is 0 Å². The van der Waals surface area contributed by atoms with E-state index in [4.69, 9.17) is 34.8 Å². The Morgan fingerprint density at radius 3 is 2.10 bits per heavy atom. The summed E-state index contributed by atoms with van der Waals surface area (Å²) in [5, 5.41) is 4.23. The predicted molar refractivity (Wildman–Crippen MR) is 172 cm³/mol. The van der Waals surface area contributed by atoms with Crippen LogP contribution in [0.3, 0.4) is 0 Å². The van der Waals surface area contributed by atoms with Crippen LogP contribution in [0.1, 0.15) is 44.7 Å². The molecule has 1 unspecified atom stereocenters. The minimum Gasteiger partial charge on any atom is -0.350 e. The maximum atomic E-state index is 13.9. The molecule has 3 aromatic rings. The molecule has 0 saturated heterocycles. The van der Waals surface area contributed by atoms with Gasteiger partial charge in [-0.2, -0.15) is 0 Å². The molecule has 0 aliphatic carbocycles. The monoisotopic (exact) mass is 651 g/mol. The van der Waals surface area contributed by atoms with Gasteiger partial charge in [-0.1, -0.05) is 71.2 Å². The van der Waals surface area contributed by atoms with Crippen LogP contribution in [0.25, 0.3) is 0 Å². The largest absolute Gasteiger partial charge is 0.350 e. The van der Waals surface area contributed by atoms with Crippen molar-refractivity contribution in [2.45, 2.75) is 58.2 Å². The molecule has 1 N–H and O–H groups in total. The van der Waals surface area contributed by atoms with Gasteiger partial charge in [0.05, 0.1) is 22.0 Å². The molecule has 3 rings (SSSR count). The number of carbonyl (C=O) groups excluding carboxylic acids is 2. The Balaban J connectivity index is 1.92. The van der Waals surface area contributed by atoms with E-state index in [0.29, 0.717) is 26.3 Å². The van der Waals surface area contributed by atoms with Crippen LogP contribution in [0.5, 0.6) is 0 Å². The summed E-state index contributed by atoms with van der Waals surface area (Å²) in [5.41, 5.74) is 1.52. The highest BCUT2D eigenvalue weighted by Crippen LogP contribution is 2.25. The Kier molecular flexibility index (Phi) is 11.7. The zero-order valence-corrected chi connectivity index (χ0v) is 27.2. The van der Waals surface area contributed by atoms with Crippen LogP contribution in [0.2, 0.25) is 15.1 Å². The van der Waals surface area contributed by atoms with E-state index >= 15 is 0 Å². The van der Waals surface area contributed by atoms with Crippen molar-refractivity contribution in [3.05, 3.63) is 99.0 Å². The molecule has 7 nitrogen and oxygen atoms in total. The Hall–Kier alpha value is -2.78. The van der Waals surface area contributed by atoms with Gasteiger partial charge >= 0.3 is 0 Å². The lowest BCUT2D eigenvalue weighted by Crippen LogP contribution is -2.54. The summed E-state index contributed by atoms with van der Waals surface area (Å²) in [6.45, 7) is 5.83. The van der Waals surface area contributed by atoms with Crippen molar-refractivity contribution >= 4 is 62.3 Å². The third-order valence-corrected chi connectivity index (χ3v) is 8.56. The number of anilines is 1. The van der Waals surface area contributed by atoms with E-state index < -0.39 is 21.6 Å². The van der Waals surface area contributed by atoms with Gasteiger partial charge in [-0.3, -0.25) is 13.9 Å². The summed E-state index contributed by atoms with van der Waals surface area (Å²) in [5.74, 6) is -0.589. The molecule has 42 heavy (non-hydrogen) atoms. The normalized spacial score (nSPS) is 12.5. The summed E-state index contributed by atoms with van der Waals surface area (Å²) in [4.78, 5) is 29.2. The first-order valence-electron chi connectivity index (χ1n) is 13.5. The SMILES string of the molecule is CC(C)(C)NC(=O)C(Cc1ccccc1)N(Cc1ccc(Cl)c(Cl)c1)C(=O)CCCN(c1ccc(Cl)cc1)S(C)(=O)=O. The summed E-state index contributed by atoms with van der Waals surface area (Å²) < 4.78 is 26.4. The number of amides is 2. The van der Waals surface area contributed by atoms with Crippen LogP contribution in [-0.2, 0) is 32.6 Å². The van der Waals surface area contributed by atoms with Gasteiger partial charge in [-0.25, -0.2) is 8.42 Å². The highest BCUT2D eigenvalue weighted by molar-refractivity contribution is 7.92. The van der Waals surface area contributed by atoms with Crippen LogP contribution >= 0.6 is 34.8 Å². The summed E-state index contributed by atoms with van der Waals surface area (Å²) in [6, 6.07) is 20.2. The molecule has 0 aromatic heterocycles. The van der Waals surface area contributed by atoms with Crippen molar-refractivity contribution in [2.24, 2.45) is 0 Å². The van der Waals surface area contributed by atoms with Gasteiger partial charge in [0, 0.05) is 36.5 Å². The van der Waals surface area contributed by atoms with E-state index in [1.165, 1.54) is 4.31 Å². The second-order valence-corrected chi connectivity index (χ2v) is 14.3. The molecule has 3 aromatic carbocycles. The molecule has 0 saturated carbocycles. The van der Waals surface area contributed by atoms with Crippen molar-refractivity contribution < 1.29 is 18.0 Å². The lowest BCUT2D eigenvalue weighted by molar-refractivity contribution is -0.142. The van der Waals surface area contributed by atoms with E-state index in [-0.39, 0.29) is 44.2 Å². The highest BCUT2D eigenvalue weighted by atomic mass is 35.5. The van der Waals surface area contributed by atoms with E-state index in [1.807, 2.05) is 51.1 Å². The lowest BCUT2D eigenvalue weighted by atomic mass is 10.00. The number of rotatable bonds is 12. The van der Waals surface area contributed by atoms with Crippen LogP contribution < -0.4 is 9.62 Å². The summed E-state index contributed by atoms with van der Waals surface area (Å²) in [6.07, 6.45) is 1.64. The zero-order chi connectivity index (χ0) is 31.1. The molecule has 0 aliphatic rings. The van der Waals surface area contributed by atoms with Gasteiger partial charge < -0.3 is 10.2 Å². The predicted octanol–water partition coefficient (Wildman–Crippen LogP) is 6.75. The van der Waals surface area contributed by atoms with Crippen molar-refractivity contribution in [3.8, 4) is 0 Å². The third kappa shape index (κ3) is 10.2. The van der Waals surface area contributed by atoms with E-state index in [1.54, 1.807) is 47.4 Å². The van der Waals surface area contributed by atoms with Crippen LogP contribution in [0.15, 0.2) is 72.8 Å². The Morgan fingerprint density at radius 2 is 1.52 bits per heavy atom. The molecular formula is C31H36Cl3N3O4S. The van der Waals surface area contributed by atoms with E-state index in [9.17, 15) is 18.0 Å². The van der Waals surface area contributed by atoms with Crippen LogP contribution in [0, 0.1) is 0 Å². The smallest absolute Gasteiger partial charge is 0.243 e. The topological polar surface area (TPSA) is 86.8 Å². The number of nitrogens with one attached hydrogen (secondary N) is 1. The fourth-order valence-electron chi connectivity index (χ4n) is 4.45.